The van der Waals surface area contributed by atoms with Crippen LogP contribution in [0.3, 0.4) is 0 Å². The number of methoxy groups -OCH3 is 1. The molecule has 8 heteroatoms. The second kappa shape index (κ2) is 8.55. The molecule has 0 saturated heterocycles. The fourth-order valence-corrected chi connectivity index (χ4v) is 5.96. The molecule has 1 unspecified atom stereocenters. The zero-order valence-corrected chi connectivity index (χ0v) is 17.7. The Morgan fingerprint density at radius 1 is 1.29 bits per heavy atom. The highest BCUT2D eigenvalue weighted by atomic mass is 32.3. The Bertz CT molecular complexity index is 1040. The summed E-state index contributed by atoms with van der Waals surface area (Å²) in [6, 6.07) is 9.16. The average molecular weight is 421 g/mol. The third kappa shape index (κ3) is 4.51. The van der Waals surface area contributed by atoms with Gasteiger partial charge in [-0.05, 0) is 49.1 Å². The fraction of sp³-hybridized carbons (Fsp3) is 0.350. The number of rotatable bonds is 7. The molecule has 1 aromatic carbocycles. The second-order valence-corrected chi connectivity index (χ2v) is 9.83. The van der Waals surface area contributed by atoms with Crippen LogP contribution in [-0.2, 0) is 23.0 Å². The summed E-state index contributed by atoms with van der Waals surface area (Å²) >= 11 is 1.32. The summed E-state index contributed by atoms with van der Waals surface area (Å²) in [6.45, 7) is 4.00. The van der Waals surface area contributed by atoms with Crippen LogP contribution in [-0.4, -0.2) is 20.5 Å². The van der Waals surface area contributed by atoms with Crippen LogP contribution in [0.15, 0.2) is 45.4 Å². The maximum Gasteiger partial charge on any atom is 0.251 e. The van der Waals surface area contributed by atoms with E-state index in [0.717, 1.165) is 28.1 Å². The Hall–Kier alpha value is -2.03. The molecule has 0 radical (unpaired) electrons. The largest absolute Gasteiger partial charge is 0.497 e. The van der Waals surface area contributed by atoms with E-state index in [1.165, 1.54) is 11.8 Å². The van der Waals surface area contributed by atoms with Crippen LogP contribution in [0.4, 0.5) is 0 Å². The van der Waals surface area contributed by atoms with Crippen LogP contribution in [0.2, 0.25) is 0 Å². The maximum absolute atomic E-state index is 12.7. The van der Waals surface area contributed by atoms with E-state index in [4.69, 9.17) is 4.74 Å². The summed E-state index contributed by atoms with van der Waals surface area (Å²) in [6.07, 6.45) is 3.00. The molecule has 0 fully saturated rings. The second-order valence-electron chi connectivity index (χ2n) is 6.60. The summed E-state index contributed by atoms with van der Waals surface area (Å²) in [5, 5.41) is -0.0188. The molecule has 0 aliphatic carbocycles. The highest BCUT2D eigenvalue weighted by molar-refractivity contribution is 8.18. The van der Waals surface area contributed by atoms with Crippen molar-refractivity contribution in [2.24, 2.45) is 0 Å². The van der Waals surface area contributed by atoms with Crippen LogP contribution in [0, 0.1) is 6.92 Å². The first-order chi connectivity index (χ1) is 13.3. The van der Waals surface area contributed by atoms with Gasteiger partial charge in [0.1, 0.15) is 9.99 Å². The van der Waals surface area contributed by atoms with Crippen molar-refractivity contribution < 1.29 is 13.2 Å². The van der Waals surface area contributed by atoms with Gasteiger partial charge in [0, 0.05) is 23.1 Å². The molecule has 150 valence electrons. The van der Waals surface area contributed by atoms with E-state index >= 15 is 0 Å². The van der Waals surface area contributed by atoms with Gasteiger partial charge in [-0.1, -0.05) is 25.1 Å². The van der Waals surface area contributed by atoms with E-state index in [1.54, 1.807) is 25.3 Å². The summed E-state index contributed by atoms with van der Waals surface area (Å²) in [4.78, 5) is 14.8. The molecule has 2 N–H and O–H groups in total. The van der Waals surface area contributed by atoms with Crippen molar-refractivity contribution in [3.8, 4) is 5.75 Å². The number of benzene rings is 1. The van der Waals surface area contributed by atoms with Gasteiger partial charge in [-0.2, -0.15) is 0 Å². The van der Waals surface area contributed by atoms with Crippen LogP contribution in [0.1, 0.15) is 41.0 Å². The third-order valence-electron chi connectivity index (χ3n) is 4.73. The topological polar surface area (TPSA) is 88.3 Å². The Balaban J connectivity index is 1.69. The predicted molar refractivity (Wildman–Crippen MR) is 113 cm³/mol. The smallest absolute Gasteiger partial charge is 0.251 e. The molecule has 2 heterocycles. The van der Waals surface area contributed by atoms with E-state index in [2.05, 4.69) is 9.71 Å². The highest BCUT2D eigenvalue weighted by Crippen LogP contribution is 2.46. The van der Waals surface area contributed by atoms with Gasteiger partial charge in [0.05, 0.1) is 7.11 Å². The minimum atomic E-state index is -3.58. The first kappa shape index (κ1) is 20.7. The maximum atomic E-state index is 12.7. The van der Waals surface area contributed by atoms with Crippen LogP contribution >= 0.6 is 11.8 Å². The molecular formula is C20H24N2O4S2. The molecule has 28 heavy (non-hydrogen) atoms. The third-order valence-corrected chi connectivity index (χ3v) is 8.03. The molecule has 0 amide bonds. The van der Waals surface area contributed by atoms with Gasteiger partial charge >= 0.3 is 0 Å². The first-order valence-corrected chi connectivity index (χ1v) is 11.4. The zero-order chi connectivity index (χ0) is 20.3. The molecule has 1 atom stereocenters. The summed E-state index contributed by atoms with van der Waals surface area (Å²) in [5.74, 6) is 0.728. The molecule has 6 nitrogen and oxygen atoms in total. The van der Waals surface area contributed by atoms with E-state index < -0.39 is 10.0 Å². The lowest BCUT2D eigenvalue weighted by molar-refractivity contribution is 0.414. The van der Waals surface area contributed by atoms with E-state index in [9.17, 15) is 13.2 Å². The number of sulfonamides is 1. The van der Waals surface area contributed by atoms with Crippen LogP contribution < -0.4 is 15.0 Å². The Morgan fingerprint density at radius 2 is 2.00 bits per heavy atom. The van der Waals surface area contributed by atoms with Gasteiger partial charge in [0.15, 0.2) is 0 Å². The van der Waals surface area contributed by atoms with Gasteiger partial charge in [-0.3, -0.25) is 4.79 Å². The van der Waals surface area contributed by atoms with Crippen molar-refractivity contribution in [2.75, 3.05) is 7.11 Å². The van der Waals surface area contributed by atoms with Crippen molar-refractivity contribution in [2.45, 2.75) is 38.5 Å². The molecule has 3 rings (SSSR count). The van der Waals surface area contributed by atoms with Gasteiger partial charge in [0.25, 0.3) is 5.56 Å². The number of aromatic nitrogens is 1. The van der Waals surface area contributed by atoms with Crippen molar-refractivity contribution in [3.63, 3.8) is 0 Å². The molecule has 1 aliphatic rings. The number of allylic oxidation sites excluding steroid dienone is 1. The molecule has 0 saturated carbocycles. The average Bonchev–Trinajstić information content (AvgIpc) is 3.18. The number of nitrogens with one attached hydrogen (secondary N) is 2. The number of hydrogen-bond acceptors (Lipinski definition) is 5. The minimum Gasteiger partial charge on any atom is -0.497 e. The molecule has 0 bridgehead atoms. The number of aromatic amines is 1. The van der Waals surface area contributed by atoms with Gasteiger partial charge in [0.2, 0.25) is 10.0 Å². The lowest BCUT2D eigenvalue weighted by Crippen LogP contribution is -2.23. The number of thioether (sulfide) groups is 1. The first-order valence-electron chi connectivity index (χ1n) is 9.06. The van der Waals surface area contributed by atoms with Crippen LogP contribution in [0.25, 0.3) is 0 Å². The standard InChI is InChI=1S/C20H24N2O4S2/c1-4-15-11-17(13(2)22-20(15)23)18-9-10-19(27-18)28(24,25)21-12-14-5-7-16(26-3)8-6-14/h5-8,10-11,18,21H,4,9,12H2,1-3H3,(H,22,23). The lowest BCUT2D eigenvalue weighted by atomic mass is 10.0. The van der Waals surface area contributed by atoms with Crippen LogP contribution in [0.5, 0.6) is 5.75 Å². The molecule has 2 aromatic rings. The quantitative estimate of drug-likeness (QED) is 0.717. The number of aryl methyl sites for hydroxylation is 2. The number of H-pyrrole nitrogens is 1. The highest BCUT2D eigenvalue weighted by Gasteiger charge is 2.29. The number of hydrogen-bond donors (Lipinski definition) is 2. The van der Waals surface area contributed by atoms with Gasteiger partial charge < -0.3 is 9.72 Å². The lowest BCUT2D eigenvalue weighted by Gasteiger charge is -2.15. The molecule has 1 aromatic heterocycles. The molecular weight excluding hydrogens is 396 g/mol. The monoisotopic (exact) mass is 420 g/mol. The van der Waals surface area contributed by atoms with Crippen molar-refractivity contribution >= 4 is 21.8 Å². The van der Waals surface area contributed by atoms with E-state index in [-0.39, 0.29) is 17.4 Å². The van der Waals surface area contributed by atoms with Crippen molar-refractivity contribution in [1.29, 1.82) is 0 Å². The zero-order valence-electron chi connectivity index (χ0n) is 16.1. The Labute approximate surface area is 169 Å². The number of ether oxygens (including phenoxy) is 1. The number of pyridine rings is 1. The van der Waals surface area contributed by atoms with Crippen molar-refractivity contribution in [1.82, 2.24) is 9.71 Å². The Kier molecular flexibility index (Phi) is 6.32. The van der Waals surface area contributed by atoms with Crippen molar-refractivity contribution in [3.05, 3.63) is 73.4 Å². The summed E-state index contributed by atoms with van der Waals surface area (Å²) in [5.41, 5.74) is 3.27. The van der Waals surface area contributed by atoms with E-state index in [1.807, 2.05) is 32.0 Å². The molecule has 1 aliphatic heterocycles. The normalized spacial score (nSPS) is 16.8. The van der Waals surface area contributed by atoms with Gasteiger partial charge in [-0.15, -0.1) is 11.8 Å². The summed E-state index contributed by atoms with van der Waals surface area (Å²) < 4.78 is 33.5. The van der Waals surface area contributed by atoms with E-state index in [0.29, 0.717) is 17.1 Å². The minimum absolute atomic E-state index is 0.0188. The fourth-order valence-electron chi connectivity index (χ4n) is 3.08. The van der Waals surface area contributed by atoms with Gasteiger partial charge in [-0.25, -0.2) is 13.1 Å². The Morgan fingerprint density at radius 3 is 2.64 bits per heavy atom. The SMILES string of the molecule is CCc1cc(C2CC=C(S(=O)(=O)NCc3ccc(OC)cc3)S2)c(C)[nH]c1=O. The molecule has 0 spiro atoms. The predicted octanol–water partition coefficient (Wildman–Crippen LogP) is 3.39. The summed E-state index contributed by atoms with van der Waals surface area (Å²) in [7, 11) is -1.99.